The first-order chi connectivity index (χ1) is 7.10. The van der Waals surface area contributed by atoms with E-state index in [0.717, 1.165) is 18.9 Å². The number of hydrogen-bond donors (Lipinski definition) is 2. The van der Waals surface area contributed by atoms with Gasteiger partial charge in [0.2, 0.25) is 5.91 Å². The van der Waals surface area contributed by atoms with E-state index in [0.29, 0.717) is 12.5 Å². The highest BCUT2D eigenvalue weighted by molar-refractivity contribution is 5.75. The van der Waals surface area contributed by atoms with E-state index in [1.165, 1.54) is 12.8 Å². The van der Waals surface area contributed by atoms with Crippen LogP contribution in [0.3, 0.4) is 0 Å². The summed E-state index contributed by atoms with van der Waals surface area (Å²) in [6, 6.07) is 0.560. The van der Waals surface area contributed by atoms with Gasteiger partial charge in [-0.25, -0.2) is 0 Å². The van der Waals surface area contributed by atoms with Gasteiger partial charge >= 0.3 is 0 Å². The molecule has 2 atom stereocenters. The van der Waals surface area contributed by atoms with E-state index in [1.54, 1.807) is 7.05 Å². The lowest BCUT2D eigenvalue weighted by atomic mass is 10.0. The lowest BCUT2D eigenvalue weighted by molar-refractivity contribution is -0.120. The first-order valence-electron chi connectivity index (χ1n) is 6.04. The van der Waals surface area contributed by atoms with Gasteiger partial charge in [0.15, 0.2) is 0 Å². The fourth-order valence-electron chi connectivity index (χ4n) is 1.58. The first kappa shape index (κ1) is 14.4. The Labute approximate surface area is 94.0 Å². The Hall–Kier alpha value is -0.570. The monoisotopic (exact) mass is 214 g/mol. The number of carbonyl (C=O) groups excluding carboxylic acids is 1. The Balaban J connectivity index is 3.38. The van der Waals surface area contributed by atoms with Crippen LogP contribution in [-0.4, -0.2) is 25.5 Å². The normalized spacial score (nSPS) is 14.7. The number of carbonyl (C=O) groups is 1. The van der Waals surface area contributed by atoms with Crippen LogP contribution in [0.15, 0.2) is 0 Å². The fraction of sp³-hybridized carbons (Fsp3) is 0.917. The predicted octanol–water partition coefficient (Wildman–Crippen LogP) is 1.93. The van der Waals surface area contributed by atoms with Gasteiger partial charge in [0.05, 0.1) is 0 Å². The molecule has 1 amide bonds. The van der Waals surface area contributed by atoms with E-state index in [1.807, 2.05) is 0 Å². The van der Waals surface area contributed by atoms with Crippen LogP contribution in [-0.2, 0) is 4.79 Å². The van der Waals surface area contributed by atoms with Crippen LogP contribution in [0.1, 0.15) is 46.5 Å². The summed E-state index contributed by atoms with van der Waals surface area (Å²) in [5, 5.41) is 6.08. The number of nitrogens with one attached hydrogen (secondary N) is 2. The minimum atomic E-state index is 0.131. The van der Waals surface area contributed by atoms with Gasteiger partial charge in [0.25, 0.3) is 0 Å². The summed E-state index contributed by atoms with van der Waals surface area (Å²) in [4.78, 5) is 10.9. The number of hydrogen-bond acceptors (Lipinski definition) is 2. The molecule has 0 saturated carbocycles. The van der Waals surface area contributed by atoms with E-state index in [-0.39, 0.29) is 5.91 Å². The van der Waals surface area contributed by atoms with Crippen molar-refractivity contribution < 1.29 is 4.79 Å². The zero-order chi connectivity index (χ0) is 11.7. The van der Waals surface area contributed by atoms with Crippen LogP contribution >= 0.6 is 0 Å². The maximum atomic E-state index is 10.9. The maximum Gasteiger partial charge on any atom is 0.219 e. The molecule has 2 N–H and O–H groups in total. The molecular weight excluding hydrogens is 188 g/mol. The Kier molecular flexibility index (Phi) is 8.38. The lowest BCUT2D eigenvalue weighted by Crippen LogP contribution is -2.29. The van der Waals surface area contributed by atoms with Crippen LogP contribution in [0.2, 0.25) is 0 Å². The van der Waals surface area contributed by atoms with E-state index in [2.05, 4.69) is 31.4 Å². The average molecular weight is 214 g/mol. The van der Waals surface area contributed by atoms with Crippen LogP contribution in [0.5, 0.6) is 0 Å². The molecule has 90 valence electrons. The molecule has 0 aliphatic rings. The fourth-order valence-corrected chi connectivity index (χ4v) is 1.58. The Bertz CT molecular complexity index is 171. The number of rotatable bonds is 8. The second-order valence-corrected chi connectivity index (χ2v) is 4.38. The molecule has 0 bridgehead atoms. The molecule has 0 aromatic heterocycles. The summed E-state index contributed by atoms with van der Waals surface area (Å²) in [5.41, 5.74) is 0. The minimum absolute atomic E-state index is 0.131. The van der Waals surface area contributed by atoms with Crippen LogP contribution in [0.4, 0.5) is 0 Å². The molecule has 0 aliphatic carbocycles. The highest BCUT2D eigenvalue weighted by atomic mass is 16.1. The van der Waals surface area contributed by atoms with Gasteiger partial charge in [-0.05, 0) is 32.2 Å². The zero-order valence-electron chi connectivity index (χ0n) is 10.6. The third-order valence-electron chi connectivity index (χ3n) is 2.81. The molecule has 0 aromatic carbocycles. The molecule has 0 heterocycles. The van der Waals surface area contributed by atoms with Gasteiger partial charge in [-0.2, -0.15) is 0 Å². The maximum absolute atomic E-state index is 10.9. The molecule has 0 radical (unpaired) electrons. The van der Waals surface area contributed by atoms with Crippen molar-refractivity contribution in [3.05, 3.63) is 0 Å². The Morgan fingerprint density at radius 1 is 1.33 bits per heavy atom. The van der Waals surface area contributed by atoms with E-state index < -0.39 is 0 Å². The smallest absolute Gasteiger partial charge is 0.219 e. The van der Waals surface area contributed by atoms with Gasteiger partial charge < -0.3 is 10.6 Å². The van der Waals surface area contributed by atoms with Crippen LogP contribution < -0.4 is 10.6 Å². The molecule has 0 saturated heterocycles. The Morgan fingerprint density at radius 3 is 2.53 bits per heavy atom. The van der Waals surface area contributed by atoms with Crippen LogP contribution in [0, 0.1) is 5.92 Å². The quantitative estimate of drug-likeness (QED) is 0.606. The Morgan fingerprint density at radius 2 is 2.00 bits per heavy atom. The SMILES string of the molecule is CCC(C)CC(C)NCCCC(=O)NC. The molecule has 0 spiro atoms. The average Bonchev–Trinajstić information content (AvgIpc) is 2.23. The van der Waals surface area contributed by atoms with Crippen molar-refractivity contribution >= 4 is 5.91 Å². The summed E-state index contributed by atoms with van der Waals surface area (Å²) >= 11 is 0. The van der Waals surface area contributed by atoms with E-state index in [4.69, 9.17) is 0 Å². The second kappa shape index (κ2) is 8.72. The highest BCUT2D eigenvalue weighted by Gasteiger charge is 2.06. The lowest BCUT2D eigenvalue weighted by Gasteiger charge is -2.17. The topological polar surface area (TPSA) is 41.1 Å². The van der Waals surface area contributed by atoms with Gasteiger partial charge in [0, 0.05) is 19.5 Å². The molecule has 2 unspecified atom stereocenters. The van der Waals surface area contributed by atoms with E-state index >= 15 is 0 Å². The summed E-state index contributed by atoms with van der Waals surface area (Å²) in [5.74, 6) is 0.915. The van der Waals surface area contributed by atoms with Gasteiger partial charge in [-0.3, -0.25) is 4.79 Å². The molecule has 0 aromatic rings. The van der Waals surface area contributed by atoms with Gasteiger partial charge in [-0.1, -0.05) is 20.3 Å². The van der Waals surface area contributed by atoms with Gasteiger partial charge in [0.1, 0.15) is 0 Å². The largest absolute Gasteiger partial charge is 0.359 e. The molecule has 0 aliphatic heterocycles. The molecule has 0 rings (SSSR count). The molecule has 15 heavy (non-hydrogen) atoms. The molecule has 0 fully saturated rings. The van der Waals surface area contributed by atoms with Crippen molar-refractivity contribution in [1.82, 2.24) is 10.6 Å². The summed E-state index contributed by atoms with van der Waals surface area (Å²) in [7, 11) is 1.68. The summed E-state index contributed by atoms with van der Waals surface area (Å²) in [6.07, 6.45) is 4.00. The first-order valence-corrected chi connectivity index (χ1v) is 6.04. The van der Waals surface area contributed by atoms with Crippen molar-refractivity contribution in [2.24, 2.45) is 5.92 Å². The summed E-state index contributed by atoms with van der Waals surface area (Å²) < 4.78 is 0. The summed E-state index contributed by atoms with van der Waals surface area (Å²) in [6.45, 7) is 7.66. The molecule has 3 nitrogen and oxygen atoms in total. The number of amides is 1. The minimum Gasteiger partial charge on any atom is -0.359 e. The van der Waals surface area contributed by atoms with Gasteiger partial charge in [-0.15, -0.1) is 0 Å². The van der Waals surface area contributed by atoms with Crippen molar-refractivity contribution in [2.45, 2.75) is 52.5 Å². The third-order valence-corrected chi connectivity index (χ3v) is 2.81. The van der Waals surface area contributed by atoms with Crippen molar-refractivity contribution in [1.29, 1.82) is 0 Å². The zero-order valence-corrected chi connectivity index (χ0v) is 10.6. The molecule has 3 heteroatoms. The van der Waals surface area contributed by atoms with Crippen molar-refractivity contribution in [2.75, 3.05) is 13.6 Å². The second-order valence-electron chi connectivity index (χ2n) is 4.38. The molecular formula is C12H26N2O. The predicted molar refractivity (Wildman–Crippen MR) is 64.8 cm³/mol. The van der Waals surface area contributed by atoms with E-state index in [9.17, 15) is 4.79 Å². The highest BCUT2D eigenvalue weighted by Crippen LogP contribution is 2.09. The van der Waals surface area contributed by atoms with Crippen LogP contribution in [0.25, 0.3) is 0 Å². The third kappa shape index (κ3) is 8.43. The van der Waals surface area contributed by atoms with Crippen molar-refractivity contribution in [3.63, 3.8) is 0 Å². The van der Waals surface area contributed by atoms with Crippen molar-refractivity contribution in [3.8, 4) is 0 Å². The standard InChI is InChI=1S/C12H26N2O/c1-5-10(2)9-11(3)14-8-6-7-12(15)13-4/h10-11,14H,5-9H2,1-4H3,(H,13,15).